The minimum absolute atomic E-state index is 0.278. The Balaban J connectivity index is 2.87. The molecule has 1 aromatic heterocycles. The van der Waals surface area contributed by atoms with E-state index in [0.29, 0.717) is 11.1 Å². The van der Waals surface area contributed by atoms with E-state index >= 15 is 0 Å². The summed E-state index contributed by atoms with van der Waals surface area (Å²) in [7, 11) is 1.49. The molecule has 0 saturated carbocycles. The van der Waals surface area contributed by atoms with E-state index in [4.69, 9.17) is 16.3 Å². The van der Waals surface area contributed by atoms with Gasteiger partial charge in [0.15, 0.2) is 0 Å². The van der Waals surface area contributed by atoms with Crippen LogP contribution < -0.4 is 4.74 Å². The summed E-state index contributed by atoms with van der Waals surface area (Å²) in [5, 5.41) is 1.60. The van der Waals surface area contributed by atoms with Crippen LogP contribution in [0, 0.1) is 5.82 Å². The van der Waals surface area contributed by atoms with E-state index in [1.165, 1.54) is 19.2 Å². The lowest BCUT2D eigenvalue weighted by molar-refractivity contribution is 0.416. The first kappa shape index (κ1) is 9.21. The Kier molecular flexibility index (Phi) is 2.25. The molecule has 1 aromatic carbocycles. The van der Waals surface area contributed by atoms with Gasteiger partial charge in [-0.25, -0.2) is 9.37 Å². The Morgan fingerprint density at radius 2 is 2.14 bits per heavy atom. The maximum absolute atomic E-state index is 13.1. The number of methoxy groups -OCH3 is 1. The van der Waals surface area contributed by atoms with Crippen molar-refractivity contribution in [3.05, 3.63) is 35.4 Å². The van der Waals surface area contributed by atoms with Gasteiger partial charge in [-0.05, 0) is 12.1 Å². The number of aromatic nitrogens is 1. The molecule has 72 valence electrons. The normalized spacial score (nSPS) is 10.5. The number of ether oxygens (including phenoxy) is 1. The third-order valence-electron chi connectivity index (χ3n) is 1.98. The lowest BCUT2D eigenvalue weighted by Gasteiger charge is -2.05. The molecule has 0 atom stereocenters. The molecule has 0 radical (unpaired) electrons. The minimum Gasteiger partial charge on any atom is -0.496 e. The molecule has 0 amide bonds. The molecule has 0 spiro atoms. The lowest BCUT2D eigenvalue weighted by atomic mass is 10.1. The molecule has 0 saturated heterocycles. The second kappa shape index (κ2) is 3.42. The molecule has 2 aromatic rings. The van der Waals surface area contributed by atoms with Crippen LogP contribution in [0.5, 0.6) is 5.75 Å². The molecule has 0 fully saturated rings. The minimum atomic E-state index is -0.385. The predicted molar refractivity (Wildman–Crippen MR) is 53.3 cm³/mol. The third kappa shape index (κ3) is 1.40. The monoisotopic (exact) mass is 211 g/mol. The van der Waals surface area contributed by atoms with Gasteiger partial charge in [-0.1, -0.05) is 11.6 Å². The number of rotatable bonds is 1. The van der Waals surface area contributed by atoms with Crippen molar-refractivity contribution < 1.29 is 9.13 Å². The summed E-state index contributed by atoms with van der Waals surface area (Å²) in [5.41, 5.74) is 0. The molecule has 0 bridgehead atoms. The Bertz CT molecular complexity index is 487. The van der Waals surface area contributed by atoms with Crippen LogP contribution >= 0.6 is 11.6 Å². The maximum atomic E-state index is 13.1. The zero-order chi connectivity index (χ0) is 10.1. The number of halogens is 2. The van der Waals surface area contributed by atoms with Crippen molar-refractivity contribution in [2.75, 3.05) is 7.11 Å². The van der Waals surface area contributed by atoms with E-state index in [1.54, 1.807) is 12.3 Å². The van der Waals surface area contributed by atoms with E-state index in [0.717, 1.165) is 5.39 Å². The van der Waals surface area contributed by atoms with E-state index in [1.807, 2.05) is 0 Å². The van der Waals surface area contributed by atoms with Crippen molar-refractivity contribution in [2.24, 2.45) is 0 Å². The number of hydrogen-bond acceptors (Lipinski definition) is 2. The predicted octanol–water partition coefficient (Wildman–Crippen LogP) is 3.04. The van der Waals surface area contributed by atoms with Crippen LogP contribution in [0.3, 0.4) is 0 Å². The Labute approximate surface area is 85.3 Å². The molecule has 2 rings (SSSR count). The van der Waals surface area contributed by atoms with Crippen LogP contribution in [0.15, 0.2) is 24.4 Å². The van der Waals surface area contributed by atoms with Crippen LogP contribution in [-0.2, 0) is 0 Å². The van der Waals surface area contributed by atoms with Crippen molar-refractivity contribution in [3.63, 3.8) is 0 Å². The summed E-state index contributed by atoms with van der Waals surface area (Å²) in [6, 6.07) is 4.39. The van der Waals surface area contributed by atoms with Gasteiger partial charge >= 0.3 is 0 Å². The van der Waals surface area contributed by atoms with Crippen LogP contribution in [-0.4, -0.2) is 12.1 Å². The van der Waals surface area contributed by atoms with Crippen molar-refractivity contribution in [2.45, 2.75) is 0 Å². The van der Waals surface area contributed by atoms with Gasteiger partial charge in [0.25, 0.3) is 0 Å². The molecule has 0 unspecified atom stereocenters. The highest BCUT2D eigenvalue weighted by molar-refractivity contribution is 6.34. The van der Waals surface area contributed by atoms with Gasteiger partial charge in [0, 0.05) is 23.0 Å². The Morgan fingerprint density at radius 1 is 1.36 bits per heavy atom. The first-order valence-corrected chi connectivity index (χ1v) is 4.38. The van der Waals surface area contributed by atoms with Crippen molar-refractivity contribution >= 4 is 22.4 Å². The van der Waals surface area contributed by atoms with Crippen molar-refractivity contribution in [3.8, 4) is 5.75 Å². The topological polar surface area (TPSA) is 22.1 Å². The van der Waals surface area contributed by atoms with Gasteiger partial charge in [-0.15, -0.1) is 0 Å². The third-order valence-corrected chi connectivity index (χ3v) is 2.28. The van der Waals surface area contributed by atoms with Crippen molar-refractivity contribution in [1.29, 1.82) is 0 Å². The molecule has 14 heavy (non-hydrogen) atoms. The molecule has 0 aliphatic carbocycles. The fraction of sp³-hybridized carbons (Fsp3) is 0.100. The molecular formula is C10H7ClFNO. The first-order valence-electron chi connectivity index (χ1n) is 4.00. The maximum Gasteiger partial charge on any atom is 0.137 e. The van der Waals surface area contributed by atoms with Crippen LogP contribution in [0.1, 0.15) is 0 Å². The van der Waals surface area contributed by atoms with E-state index in [9.17, 15) is 4.39 Å². The summed E-state index contributed by atoms with van der Waals surface area (Å²) in [6.07, 6.45) is 1.56. The van der Waals surface area contributed by atoms with Gasteiger partial charge in [0.2, 0.25) is 0 Å². The van der Waals surface area contributed by atoms with E-state index < -0.39 is 0 Å². The Morgan fingerprint density at radius 3 is 2.86 bits per heavy atom. The van der Waals surface area contributed by atoms with E-state index in [2.05, 4.69) is 4.98 Å². The van der Waals surface area contributed by atoms with Crippen molar-refractivity contribution in [1.82, 2.24) is 4.98 Å². The average Bonchev–Trinajstić information content (AvgIpc) is 2.18. The molecule has 4 heteroatoms. The smallest absolute Gasteiger partial charge is 0.137 e. The molecule has 1 heterocycles. The number of nitrogens with zero attached hydrogens (tertiary/aromatic N) is 1. The molecule has 2 nitrogen and oxygen atoms in total. The first-order chi connectivity index (χ1) is 6.72. The quantitative estimate of drug-likeness (QED) is 0.677. The number of fused-ring (bicyclic) bond motifs is 1. The van der Waals surface area contributed by atoms with Crippen LogP contribution in [0.4, 0.5) is 4.39 Å². The molecular weight excluding hydrogens is 205 g/mol. The molecule has 0 N–H and O–H groups in total. The SMILES string of the molecule is COc1cc(F)cc2c(Cl)nccc12. The standard InChI is InChI=1S/C10H7ClFNO/c1-14-9-5-6(12)4-8-7(9)2-3-13-10(8)11/h2-5H,1H3. The second-order valence-electron chi connectivity index (χ2n) is 2.80. The van der Waals surface area contributed by atoms with Gasteiger partial charge < -0.3 is 4.74 Å². The second-order valence-corrected chi connectivity index (χ2v) is 3.16. The fourth-order valence-electron chi connectivity index (χ4n) is 1.35. The molecule has 0 aliphatic rings. The van der Waals surface area contributed by atoms with Crippen LogP contribution in [0.2, 0.25) is 5.15 Å². The van der Waals surface area contributed by atoms with Gasteiger partial charge in [0.05, 0.1) is 7.11 Å². The summed E-state index contributed by atoms with van der Waals surface area (Å²) >= 11 is 5.82. The molecule has 0 aliphatic heterocycles. The van der Waals surface area contributed by atoms with Gasteiger partial charge in [-0.3, -0.25) is 0 Å². The zero-order valence-electron chi connectivity index (χ0n) is 7.42. The number of benzene rings is 1. The number of pyridine rings is 1. The highest BCUT2D eigenvalue weighted by atomic mass is 35.5. The largest absolute Gasteiger partial charge is 0.496 e. The fourth-order valence-corrected chi connectivity index (χ4v) is 1.56. The summed E-state index contributed by atoms with van der Waals surface area (Å²) < 4.78 is 18.1. The van der Waals surface area contributed by atoms with Gasteiger partial charge in [-0.2, -0.15) is 0 Å². The summed E-state index contributed by atoms with van der Waals surface area (Å²) in [5.74, 6) is 0.0774. The Hall–Kier alpha value is -1.35. The summed E-state index contributed by atoms with van der Waals surface area (Å²) in [6.45, 7) is 0. The van der Waals surface area contributed by atoms with Gasteiger partial charge in [0.1, 0.15) is 16.7 Å². The van der Waals surface area contributed by atoms with E-state index in [-0.39, 0.29) is 11.0 Å². The highest BCUT2D eigenvalue weighted by Gasteiger charge is 2.07. The summed E-state index contributed by atoms with van der Waals surface area (Å²) in [4.78, 5) is 3.87. The highest BCUT2D eigenvalue weighted by Crippen LogP contribution is 2.30. The zero-order valence-corrected chi connectivity index (χ0v) is 8.18. The lowest BCUT2D eigenvalue weighted by Crippen LogP contribution is -1.88. The number of hydrogen-bond donors (Lipinski definition) is 0. The average molecular weight is 212 g/mol. The van der Waals surface area contributed by atoms with Crippen LogP contribution in [0.25, 0.3) is 10.8 Å².